The number of rotatable bonds is 7. The maximum absolute atomic E-state index is 12.0. The normalized spacial score (nSPS) is 13.4. The summed E-state index contributed by atoms with van der Waals surface area (Å²) in [4.78, 5) is 28.1. The van der Waals surface area contributed by atoms with E-state index in [0.717, 1.165) is 51.2 Å². The summed E-state index contributed by atoms with van der Waals surface area (Å²) in [6.45, 7) is 5.00. The maximum atomic E-state index is 12.0. The Morgan fingerprint density at radius 1 is 0.921 bits per heavy atom. The van der Waals surface area contributed by atoms with Gasteiger partial charge < -0.3 is 4.74 Å². The zero-order chi connectivity index (χ0) is 26.1. The number of hydrogen-bond acceptors (Lipinski definition) is 7. The minimum atomic E-state index is 0.144. The largest absolute Gasteiger partial charge is 0.424 e. The van der Waals surface area contributed by atoms with Crippen LogP contribution in [-0.4, -0.2) is 37.2 Å². The lowest BCUT2D eigenvalue weighted by molar-refractivity contribution is -0.117. The second kappa shape index (κ2) is 10.2. The molecule has 0 N–H and O–H groups in total. The Balaban J connectivity index is 1.18. The van der Waals surface area contributed by atoms with Gasteiger partial charge in [-0.3, -0.25) is 9.69 Å². The van der Waals surface area contributed by atoms with Crippen molar-refractivity contribution >= 4 is 22.4 Å². The van der Waals surface area contributed by atoms with Crippen molar-refractivity contribution in [2.24, 2.45) is 0 Å². The van der Waals surface area contributed by atoms with Gasteiger partial charge in [0.2, 0.25) is 5.91 Å². The summed E-state index contributed by atoms with van der Waals surface area (Å²) >= 11 is 1.52. The van der Waals surface area contributed by atoms with Crippen LogP contribution < -0.4 is 9.64 Å². The number of benzene rings is 2. The molecule has 1 saturated heterocycles. The van der Waals surface area contributed by atoms with Crippen LogP contribution in [0.25, 0.3) is 27.4 Å². The Morgan fingerprint density at radius 2 is 1.68 bits per heavy atom. The molecule has 9 heteroatoms. The van der Waals surface area contributed by atoms with E-state index in [1.54, 1.807) is 17.3 Å². The zero-order valence-corrected chi connectivity index (χ0v) is 21.9. The summed E-state index contributed by atoms with van der Waals surface area (Å²) in [6.07, 6.45) is 6.82. The average molecular weight is 523 g/mol. The minimum Gasteiger partial charge on any atom is -0.424 e. The van der Waals surface area contributed by atoms with Crippen molar-refractivity contribution in [3.05, 3.63) is 84.9 Å². The molecular weight excluding hydrogens is 496 g/mol. The lowest BCUT2D eigenvalue weighted by Gasteiger charge is -2.10. The van der Waals surface area contributed by atoms with Gasteiger partial charge in [-0.2, -0.15) is 5.10 Å². The molecule has 1 aliphatic heterocycles. The van der Waals surface area contributed by atoms with Gasteiger partial charge in [0.05, 0.1) is 22.0 Å². The smallest absolute Gasteiger partial charge is 0.321 e. The summed E-state index contributed by atoms with van der Waals surface area (Å²) < 4.78 is 7.84. The van der Waals surface area contributed by atoms with Gasteiger partial charge in [0, 0.05) is 37.1 Å². The molecule has 190 valence electrons. The van der Waals surface area contributed by atoms with Crippen LogP contribution in [0.15, 0.2) is 79.3 Å². The number of carbonyl (C=O) groups excluding carboxylic acids is 1. The van der Waals surface area contributed by atoms with E-state index in [4.69, 9.17) is 9.84 Å². The number of para-hydroxylation sites is 1. The SMILES string of the molecule is CC(C)c1cc(-c2cnc(Oc3ccc(-c4cnc(N5CCCC5=O)s4)cc3)nc2)n(-c2ccccc2)n1. The Kier molecular flexibility index (Phi) is 6.43. The van der Waals surface area contributed by atoms with Crippen LogP contribution >= 0.6 is 11.3 Å². The number of thiazole rings is 1. The van der Waals surface area contributed by atoms with Gasteiger partial charge in [-0.1, -0.05) is 43.4 Å². The van der Waals surface area contributed by atoms with Gasteiger partial charge in [0.25, 0.3) is 0 Å². The molecule has 0 radical (unpaired) electrons. The highest BCUT2D eigenvalue weighted by molar-refractivity contribution is 7.19. The summed E-state index contributed by atoms with van der Waals surface area (Å²) in [6, 6.07) is 20.1. The van der Waals surface area contributed by atoms with Crippen LogP contribution in [0.2, 0.25) is 0 Å². The van der Waals surface area contributed by atoms with Crippen molar-refractivity contribution in [3.63, 3.8) is 0 Å². The van der Waals surface area contributed by atoms with E-state index in [9.17, 15) is 4.79 Å². The molecule has 0 saturated carbocycles. The number of ether oxygens (including phenoxy) is 1. The van der Waals surface area contributed by atoms with Crippen LogP contribution in [0, 0.1) is 0 Å². The van der Waals surface area contributed by atoms with Crippen molar-refractivity contribution in [3.8, 4) is 39.1 Å². The first-order valence-electron chi connectivity index (χ1n) is 12.6. The highest BCUT2D eigenvalue weighted by Gasteiger charge is 2.24. The second-order valence-electron chi connectivity index (χ2n) is 9.39. The molecule has 8 nitrogen and oxygen atoms in total. The molecule has 0 unspecified atom stereocenters. The Hall–Kier alpha value is -4.37. The molecule has 6 rings (SSSR count). The number of nitrogens with zero attached hydrogens (tertiary/aromatic N) is 6. The van der Waals surface area contributed by atoms with Crippen molar-refractivity contribution in [1.29, 1.82) is 0 Å². The quantitative estimate of drug-likeness (QED) is 0.243. The van der Waals surface area contributed by atoms with E-state index in [0.29, 0.717) is 18.1 Å². The van der Waals surface area contributed by atoms with Gasteiger partial charge in [0.1, 0.15) is 5.75 Å². The van der Waals surface area contributed by atoms with Gasteiger partial charge in [-0.05, 0) is 60.4 Å². The van der Waals surface area contributed by atoms with Crippen molar-refractivity contribution in [1.82, 2.24) is 24.7 Å². The third kappa shape index (κ3) is 4.80. The van der Waals surface area contributed by atoms with E-state index in [1.807, 2.05) is 65.5 Å². The van der Waals surface area contributed by atoms with Gasteiger partial charge in [-0.15, -0.1) is 0 Å². The first kappa shape index (κ1) is 24.0. The predicted octanol–water partition coefficient (Wildman–Crippen LogP) is 6.50. The van der Waals surface area contributed by atoms with Gasteiger partial charge in [0.15, 0.2) is 5.13 Å². The summed E-state index contributed by atoms with van der Waals surface area (Å²) in [7, 11) is 0. The Labute approximate surface area is 224 Å². The van der Waals surface area contributed by atoms with Crippen LogP contribution in [-0.2, 0) is 4.79 Å². The highest BCUT2D eigenvalue weighted by Crippen LogP contribution is 2.34. The molecular formula is C29H26N6O2S. The lowest BCUT2D eigenvalue weighted by atomic mass is 10.1. The average Bonchev–Trinajstić information content (AvgIpc) is 3.70. The van der Waals surface area contributed by atoms with E-state index in [2.05, 4.69) is 34.9 Å². The van der Waals surface area contributed by atoms with E-state index >= 15 is 0 Å². The maximum Gasteiger partial charge on any atom is 0.321 e. The Morgan fingerprint density at radius 3 is 2.37 bits per heavy atom. The van der Waals surface area contributed by atoms with E-state index < -0.39 is 0 Å². The van der Waals surface area contributed by atoms with Gasteiger partial charge >= 0.3 is 6.01 Å². The molecule has 1 fully saturated rings. The fourth-order valence-corrected chi connectivity index (χ4v) is 5.29. The number of carbonyl (C=O) groups is 1. The molecule has 0 bridgehead atoms. The summed E-state index contributed by atoms with van der Waals surface area (Å²) in [5.74, 6) is 1.08. The number of anilines is 1. The number of amides is 1. The number of hydrogen-bond donors (Lipinski definition) is 0. The van der Waals surface area contributed by atoms with E-state index in [1.165, 1.54) is 11.3 Å². The predicted molar refractivity (Wildman–Crippen MR) is 148 cm³/mol. The van der Waals surface area contributed by atoms with Crippen molar-refractivity contribution < 1.29 is 9.53 Å². The topological polar surface area (TPSA) is 86.0 Å². The van der Waals surface area contributed by atoms with Crippen LogP contribution in [0.1, 0.15) is 38.3 Å². The first-order valence-corrected chi connectivity index (χ1v) is 13.4. The third-order valence-electron chi connectivity index (χ3n) is 6.39. The minimum absolute atomic E-state index is 0.144. The van der Waals surface area contributed by atoms with Gasteiger partial charge in [-0.25, -0.2) is 19.6 Å². The second-order valence-corrected chi connectivity index (χ2v) is 10.4. The summed E-state index contributed by atoms with van der Waals surface area (Å²) in [5.41, 5.74) is 4.78. The highest BCUT2D eigenvalue weighted by atomic mass is 32.1. The number of aromatic nitrogens is 5. The molecule has 0 aliphatic carbocycles. The fourth-order valence-electron chi connectivity index (χ4n) is 4.32. The lowest BCUT2D eigenvalue weighted by Crippen LogP contribution is -2.23. The summed E-state index contributed by atoms with van der Waals surface area (Å²) in [5, 5.41) is 5.57. The van der Waals surface area contributed by atoms with Crippen LogP contribution in [0.4, 0.5) is 5.13 Å². The monoisotopic (exact) mass is 522 g/mol. The zero-order valence-electron chi connectivity index (χ0n) is 21.1. The van der Waals surface area contributed by atoms with Crippen molar-refractivity contribution in [2.75, 3.05) is 11.4 Å². The molecule has 1 aliphatic rings. The first-order chi connectivity index (χ1) is 18.5. The molecule has 0 atom stereocenters. The molecule has 4 heterocycles. The standard InChI is InChI=1S/C29H26N6O2S/c1-19(2)24-15-25(35(33-24)22-7-4-3-5-8-22)21-16-30-28(31-17-21)37-23-12-10-20(11-13-23)26-18-32-29(38-26)34-14-6-9-27(34)36/h3-5,7-8,10-13,15-19H,6,9,14H2,1-2H3. The van der Waals surface area contributed by atoms with Crippen molar-refractivity contribution in [2.45, 2.75) is 32.6 Å². The molecule has 2 aromatic carbocycles. The fraction of sp³-hybridized carbons (Fsp3) is 0.207. The Bertz CT molecular complexity index is 1560. The van der Waals surface area contributed by atoms with Crippen LogP contribution in [0.3, 0.4) is 0 Å². The van der Waals surface area contributed by atoms with Crippen LogP contribution in [0.5, 0.6) is 11.8 Å². The molecule has 0 spiro atoms. The molecule has 3 aromatic heterocycles. The molecule has 1 amide bonds. The third-order valence-corrected chi connectivity index (χ3v) is 7.46. The van der Waals surface area contributed by atoms with E-state index in [-0.39, 0.29) is 11.9 Å². The molecule has 38 heavy (non-hydrogen) atoms. The molecule has 5 aromatic rings.